The Morgan fingerprint density at radius 1 is 1.02 bits per heavy atom. The Kier molecular flexibility index (Phi) is 8.17. The summed E-state index contributed by atoms with van der Waals surface area (Å²) >= 11 is 0. The minimum Gasteiger partial charge on any atom is -0.399 e. The maximum Gasteiger partial charge on any atom is 0.248 e. The van der Waals surface area contributed by atoms with Crippen molar-refractivity contribution >= 4 is 29.0 Å². The van der Waals surface area contributed by atoms with Crippen molar-refractivity contribution in [2.24, 2.45) is 28.1 Å². The zero-order valence-electron chi connectivity index (χ0n) is 26.4. The third-order valence-corrected chi connectivity index (χ3v) is 9.93. The van der Waals surface area contributed by atoms with Gasteiger partial charge in [0.05, 0.1) is 23.7 Å². The van der Waals surface area contributed by atoms with Crippen LogP contribution in [0, 0.1) is 24.2 Å². The first kappa shape index (κ1) is 31.1. The SMILES string of the molecule is C=C(N)c1ccc2c(c1)CCc1cc(C(N)=O)ccc1C2(C[C@H](C)NCC(=O)N1C(C#N)C[C@@H]2C[C@@H]21)C(N)=Nc1ccc(C)cc1. The molecule has 236 valence electrons. The Hall–Kier alpha value is -4.94. The summed E-state index contributed by atoms with van der Waals surface area (Å²) in [4.78, 5) is 32.4. The van der Waals surface area contributed by atoms with Gasteiger partial charge >= 0.3 is 0 Å². The van der Waals surface area contributed by atoms with E-state index in [0.717, 1.165) is 51.9 Å². The van der Waals surface area contributed by atoms with Crippen LogP contribution in [0.15, 0.2) is 72.2 Å². The first-order chi connectivity index (χ1) is 22.0. The summed E-state index contributed by atoms with van der Waals surface area (Å²) in [6, 6.07) is 21.5. The number of primary amides is 1. The standard InChI is InChI=1S/C37H41N7O2/c1-21-4-10-29(11-5-21)43-36(41)37(18-22(2)42-20-34(45)44-30(19-38)16-28-17-33(28)44)31-12-8-24(23(3)39)14-25(31)6-7-26-15-27(35(40)46)9-13-32(26)37/h4-5,8-15,22,28,30,33,42H,3,6-7,16-18,20,39H2,1-2H3,(H2,40,46)(H2,41,43)/t22-,28+,30?,33-,37?/m0/s1. The average molecular weight is 616 g/mol. The van der Waals surface area contributed by atoms with Crippen molar-refractivity contribution in [2.75, 3.05) is 6.54 Å². The fourth-order valence-electron chi connectivity index (χ4n) is 7.47. The second-order valence-electron chi connectivity index (χ2n) is 13.1. The van der Waals surface area contributed by atoms with Gasteiger partial charge in [0.15, 0.2) is 0 Å². The summed E-state index contributed by atoms with van der Waals surface area (Å²) in [6.45, 7) is 8.13. The zero-order chi connectivity index (χ0) is 32.7. The van der Waals surface area contributed by atoms with Gasteiger partial charge in [-0.3, -0.25) is 9.59 Å². The maximum absolute atomic E-state index is 13.4. The molecule has 2 amide bonds. The van der Waals surface area contributed by atoms with Crippen LogP contribution in [0.1, 0.15) is 69.9 Å². The number of benzene rings is 3. The van der Waals surface area contributed by atoms with Crippen molar-refractivity contribution < 1.29 is 9.59 Å². The highest BCUT2D eigenvalue weighted by molar-refractivity contribution is 5.99. The van der Waals surface area contributed by atoms with Crippen molar-refractivity contribution in [3.63, 3.8) is 0 Å². The molecule has 0 radical (unpaired) electrons. The molecule has 0 aromatic heterocycles. The molecule has 1 saturated heterocycles. The predicted octanol–water partition coefficient (Wildman–Crippen LogP) is 3.98. The minimum atomic E-state index is -0.934. The first-order valence-electron chi connectivity index (χ1n) is 15.9. The molecule has 3 aliphatic rings. The fraction of sp³-hybridized carbons (Fsp3) is 0.351. The number of likely N-dealkylation sites (tertiary alicyclic amines) is 1. The van der Waals surface area contributed by atoms with E-state index in [0.29, 0.717) is 42.3 Å². The van der Waals surface area contributed by atoms with Crippen molar-refractivity contribution in [1.29, 1.82) is 5.26 Å². The number of nitrogens with one attached hydrogen (secondary N) is 1. The van der Waals surface area contributed by atoms with Crippen LogP contribution >= 0.6 is 0 Å². The van der Waals surface area contributed by atoms with Crippen molar-refractivity contribution in [3.05, 3.63) is 106 Å². The molecule has 5 atom stereocenters. The van der Waals surface area contributed by atoms with Crippen molar-refractivity contribution in [1.82, 2.24) is 10.2 Å². The van der Waals surface area contributed by atoms with Gasteiger partial charge in [-0.05, 0) is 110 Å². The Bertz CT molecular complexity index is 1720. The number of amides is 2. The van der Waals surface area contributed by atoms with E-state index in [1.54, 1.807) is 11.0 Å². The molecule has 7 N–H and O–H groups in total. The zero-order valence-corrected chi connectivity index (χ0v) is 26.4. The minimum absolute atomic E-state index is 0.0578. The van der Waals surface area contributed by atoms with E-state index in [1.165, 1.54) is 0 Å². The summed E-state index contributed by atoms with van der Waals surface area (Å²) in [5.74, 6) is 0.294. The van der Waals surface area contributed by atoms with E-state index in [-0.39, 0.29) is 30.6 Å². The molecule has 0 bridgehead atoms. The van der Waals surface area contributed by atoms with E-state index in [9.17, 15) is 14.9 Å². The molecule has 1 saturated carbocycles. The first-order valence-corrected chi connectivity index (χ1v) is 15.9. The normalized spacial score (nSPS) is 23.7. The Morgan fingerprint density at radius 3 is 2.26 bits per heavy atom. The molecule has 3 aromatic carbocycles. The Morgan fingerprint density at radius 2 is 1.65 bits per heavy atom. The number of hydrogen-bond donors (Lipinski definition) is 4. The highest BCUT2D eigenvalue weighted by Gasteiger charge is 2.54. The van der Waals surface area contributed by atoms with Gasteiger partial charge in [0, 0.05) is 23.3 Å². The van der Waals surface area contributed by atoms with Gasteiger partial charge in [-0.1, -0.05) is 42.5 Å². The van der Waals surface area contributed by atoms with Gasteiger partial charge in [-0.2, -0.15) is 5.26 Å². The molecule has 3 aromatic rings. The third kappa shape index (κ3) is 5.65. The second-order valence-corrected chi connectivity index (χ2v) is 13.1. The molecule has 6 rings (SSSR count). The highest BCUT2D eigenvalue weighted by atomic mass is 16.2. The molecule has 2 aliphatic carbocycles. The molecular formula is C37H41N7O2. The van der Waals surface area contributed by atoms with Crippen LogP contribution < -0.4 is 22.5 Å². The molecular weight excluding hydrogens is 574 g/mol. The Balaban J connectivity index is 1.46. The monoisotopic (exact) mass is 615 g/mol. The number of nitriles is 1. The number of carbonyl (C=O) groups excluding carboxylic acids is 2. The van der Waals surface area contributed by atoms with Crippen LogP contribution in [-0.4, -0.2) is 47.2 Å². The summed E-state index contributed by atoms with van der Waals surface area (Å²) < 4.78 is 0. The molecule has 9 heteroatoms. The van der Waals surface area contributed by atoms with Crippen molar-refractivity contribution in [2.45, 2.75) is 69.5 Å². The highest BCUT2D eigenvalue weighted by Crippen LogP contribution is 2.48. The van der Waals surface area contributed by atoms with E-state index in [2.05, 4.69) is 30.1 Å². The van der Waals surface area contributed by atoms with Crippen LogP contribution in [0.2, 0.25) is 0 Å². The van der Waals surface area contributed by atoms with E-state index in [1.807, 2.05) is 56.3 Å². The van der Waals surface area contributed by atoms with Gasteiger partial charge in [-0.15, -0.1) is 0 Å². The largest absolute Gasteiger partial charge is 0.399 e. The fourth-order valence-corrected chi connectivity index (χ4v) is 7.47. The number of nitrogens with two attached hydrogens (primary N) is 3. The average Bonchev–Trinajstić information content (AvgIpc) is 3.73. The number of piperidine rings is 1. The van der Waals surface area contributed by atoms with Gasteiger partial charge < -0.3 is 27.4 Å². The maximum atomic E-state index is 13.4. The molecule has 2 fully saturated rings. The molecule has 1 heterocycles. The van der Waals surface area contributed by atoms with Gasteiger partial charge in [-0.25, -0.2) is 4.99 Å². The molecule has 2 unspecified atom stereocenters. The van der Waals surface area contributed by atoms with Crippen LogP contribution in [0.3, 0.4) is 0 Å². The lowest BCUT2D eigenvalue weighted by molar-refractivity contribution is -0.131. The van der Waals surface area contributed by atoms with E-state index >= 15 is 0 Å². The molecule has 0 spiro atoms. The summed E-state index contributed by atoms with van der Waals surface area (Å²) in [6.07, 6.45) is 3.53. The lowest BCUT2D eigenvalue weighted by atomic mass is 9.67. The number of carbonyl (C=O) groups is 2. The lowest BCUT2D eigenvalue weighted by Gasteiger charge is -2.38. The van der Waals surface area contributed by atoms with Crippen molar-refractivity contribution in [3.8, 4) is 6.07 Å². The third-order valence-electron chi connectivity index (χ3n) is 9.93. The van der Waals surface area contributed by atoms with E-state index in [4.69, 9.17) is 22.2 Å². The second kappa shape index (κ2) is 12.1. The van der Waals surface area contributed by atoms with Gasteiger partial charge in [0.1, 0.15) is 11.9 Å². The Labute approximate surface area is 270 Å². The van der Waals surface area contributed by atoms with E-state index < -0.39 is 11.3 Å². The predicted molar refractivity (Wildman–Crippen MR) is 180 cm³/mol. The number of aryl methyl sites for hydroxylation is 3. The number of fused-ring (bicyclic) bond motifs is 3. The number of aliphatic imine (C=N–C) groups is 1. The number of hydrogen-bond acceptors (Lipinski definition) is 6. The molecule has 46 heavy (non-hydrogen) atoms. The van der Waals surface area contributed by atoms with Gasteiger partial charge in [0.2, 0.25) is 11.8 Å². The van der Waals surface area contributed by atoms with Crippen LogP contribution in [-0.2, 0) is 23.1 Å². The topological polar surface area (TPSA) is 164 Å². The number of amidine groups is 1. The summed E-state index contributed by atoms with van der Waals surface area (Å²) in [5, 5.41) is 13.1. The lowest BCUT2D eigenvalue weighted by Crippen LogP contribution is -2.49. The van der Waals surface area contributed by atoms with Gasteiger partial charge in [0.25, 0.3) is 0 Å². The van der Waals surface area contributed by atoms with Crippen LogP contribution in [0.4, 0.5) is 5.69 Å². The molecule has 9 nitrogen and oxygen atoms in total. The molecule has 1 aliphatic heterocycles. The number of rotatable bonds is 9. The van der Waals surface area contributed by atoms with Crippen LogP contribution in [0.25, 0.3) is 5.70 Å². The van der Waals surface area contributed by atoms with Crippen LogP contribution in [0.5, 0.6) is 0 Å². The smallest absolute Gasteiger partial charge is 0.248 e. The summed E-state index contributed by atoms with van der Waals surface area (Å²) in [5.41, 5.74) is 25.6. The quantitative estimate of drug-likeness (QED) is 0.210. The summed E-state index contributed by atoms with van der Waals surface area (Å²) in [7, 11) is 0. The number of nitrogens with zero attached hydrogens (tertiary/aromatic N) is 3.